The molecule has 1 aromatic carbocycles. The first-order valence-corrected chi connectivity index (χ1v) is 5.79. The van der Waals surface area contributed by atoms with Crippen molar-refractivity contribution in [3.05, 3.63) is 39.9 Å². The molecule has 0 aliphatic heterocycles. The fourth-order valence-corrected chi connectivity index (χ4v) is 1.70. The van der Waals surface area contributed by atoms with Crippen LogP contribution in [0.25, 0.3) is 0 Å². The Labute approximate surface area is 114 Å². The zero-order valence-corrected chi connectivity index (χ0v) is 10.7. The van der Waals surface area contributed by atoms with Gasteiger partial charge in [0.25, 0.3) is 5.09 Å². The number of hydrogen-bond acceptors (Lipinski definition) is 5. The molecule has 0 bridgehead atoms. The van der Waals surface area contributed by atoms with Crippen LogP contribution < -0.4 is 5.32 Å². The fraction of sp³-hybridized carbons (Fsp3) is 0.333. The highest BCUT2D eigenvalue weighted by Gasteiger charge is 2.20. The minimum absolute atomic E-state index is 0.0765. The van der Waals surface area contributed by atoms with E-state index in [1.54, 1.807) is 24.3 Å². The molecule has 8 nitrogen and oxygen atoms in total. The largest absolute Gasteiger partial charge is 0.481 e. The summed E-state index contributed by atoms with van der Waals surface area (Å²) in [5.74, 6) is -1.42. The van der Waals surface area contributed by atoms with E-state index in [0.29, 0.717) is 11.3 Å². The maximum absolute atomic E-state index is 11.1. The quantitative estimate of drug-likeness (QED) is 0.581. The monoisotopic (exact) mass is 282 g/mol. The van der Waals surface area contributed by atoms with Gasteiger partial charge < -0.3 is 15.3 Å². The smallest absolute Gasteiger partial charge is 0.303 e. The van der Waals surface area contributed by atoms with Crippen LogP contribution in [0.3, 0.4) is 0 Å². The van der Waals surface area contributed by atoms with Gasteiger partial charge in [-0.3, -0.25) is 9.59 Å². The number of anilines is 1. The Hall–Kier alpha value is -2.64. The average Bonchev–Trinajstić information content (AvgIpc) is 2.34. The molecular weight excluding hydrogens is 268 g/mol. The number of rotatable bonds is 7. The van der Waals surface area contributed by atoms with Crippen molar-refractivity contribution in [2.24, 2.45) is 0 Å². The number of hydrogen-bond donors (Lipinski definition) is 2. The molecule has 1 unspecified atom stereocenters. The number of carboxylic acid groups (broad SMARTS) is 1. The standard InChI is InChI=1S/C12H14N2O6/c1-8(15)13-10-5-3-2-4-9(10)11(20-14(18)19)6-7-12(16)17/h2-5,11H,6-7H2,1H3,(H,13,15)(H,16,17). The van der Waals surface area contributed by atoms with Crippen molar-refractivity contribution >= 4 is 17.6 Å². The van der Waals surface area contributed by atoms with Crippen molar-refractivity contribution in [1.29, 1.82) is 0 Å². The molecule has 0 aliphatic carbocycles. The number of carbonyl (C=O) groups is 2. The predicted octanol–water partition coefficient (Wildman–Crippen LogP) is 1.76. The number of amides is 1. The van der Waals surface area contributed by atoms with E-state index >= 15 is 0 Å². The van der Waals surface area contributed by atoms with E-state index in [-0.39, 0.29) is 18.7 Å². The third-order valence-electron chi connectivity index (χ3n) is 2.45. The van der Waals surface area contributed by atoms with Gasteiger partial charge in [-0.25, -0.2) is 0 Å². The molecule has 1 atom stereocenters. The Morgan fingerprint density at radius 3 is 2.65 bits per heavy atom. The molecule has 2 N–H and O–H groups in total. The number of aliphatic carboxylic acids is 1. The molecule has 0 saturated carbocycles. The van der Waals surface area contributed by atoms with E-state index in [0.717, 1.165) is 0 Å². The summed E-state index contributed by atoms with van der Waals surface area (Å²) in [4.78, 5) is 36.7. The minimum Gasteiger partial charge on any atom is -0.481 e. The summed E-state index contributed by atoms with van der Waals surface area (Å²) in [5.41, 5.74) is 0.720. The highest BCUT2D eigenvalue weighted by Crippen LogP contribution is 2.29. The lowest BCUT2D eigenvalue weighted by Crippen LogP contribution is -2.15. The van der Waals surface area contributed by atoms with Crippen LogP contribution in [0.15, 0.2) is 24.3 Å². The van der Waals surface area contributed by atoms with Crippen LogP contribution >= 0.6 is 0 Å². The number of para-hydroxylation sites is 1. The van der Waals surface area contributed by atoms with Crippen molar-refractivity contribution in [2.45, 2.75) is 25.9 Å². The molecule has 0 aromatic heterocycles. The molecule has 0 fully saturated rings. The van der Waals surface area contributed by atoms with Crippen molar-refractivity contribution in [3.63, 3.8) is 0 Å². The van der Waals surface area contributed by atoms with Gasteiger partial charge in [-0.05, 0) is 12.5 Å². The van der Waals surface area contributed by atoms with Gasteiger partial charge in [-0.2, -0.15) is 0 Å². The van der Waals surface area contributed by atoms with Crippen LogP contribution in [0.2, 0.25) is 0 Å². The van der Waals surface area contributed by atoms with Gasteiger partial charge in [0.1, 0.15) is 6.10 Å². The molecule has 8 heteroatoms. The maximum atomic E-state index is 11.1. The zero-order chi connectivity index (χ0) is 15.1. The second-order valence-corrected chi connectivity index (χ2v) is 4.02. The van der Waals surface area contributed by atoms with Crippen LogP contribution in [-0.2, 0) is 14.4 Å². The molecule has 108 valence electrons. The van der Waals surface area contributed by atoms with Crippen LogP contribution in [0.4, 0.5) is 5.69 Å². The summed E-state index contributed by atoms with van der Waals surface area (Å²) in [6.07, 6.45) is -1.41. The van der Waals surface area contributed by atoms with Crippen molar-refractivity contribution < 1.29 is 24.6 Å². The van der Waals surface area contributed by atoms with Crippen LogP contribution in [0.5, 0.6) is 0 Å². The summed E-state index contributed by atoms with van der Waals surface area (Å²) >= 11 is 0. The Kier molecular flexibility index (Phi) is 5.45. The van der Waals surface area contributed by atoms with Crippen molar-refractivity contribution in [1.82, 2.24) is 0 Å². The molecular formula is C12H14N2O6. The van der Waals surface area contributed by atoms with Crippen LogP contribution in [0, 0.1) is 10.1 Å². The lowest BCUT2D eigenvalue weighted by molar-refractivity contribution is -0.771. The molecule has 0 heterocycles. The lowest BCUT2D eigenvalue weighted by Gasteiger charge is -2.18. The van der Waals surface area contributed by atoms with E-state index in [4.69, 9.17) is 5.11 Å². The van der Waals surface area contributed by atoms with E-state index in [1.165, 1.54) is 6.92 Å². The van der Waals surface area contributed by atoms with Gasteiger partial charge in [0.15, 0.2) is 0 Å². The van der Waals surface area contributed by atoms with Gasteiger partial charge in [-0.15, -0.1) is 10.1 Å². The summed E-state index contributed by atoms with van der Waals surface area (Å²) in [6.45, 7) is 1.30. The van der Waals surface area contributed by atoms with E-state index in [9.17, 15) is 19.7 Å². The number of carbonyl (C=O) groups excluding carboxylic acids is 1. The highest BCUT2D eigenvalue weighted by atomic mass is 17.0. The maximum Gasteiger partial charge on any atom is 0.303 e. The molecule has 0 aliphatic rings. The molecule has 1 aromatic rings. The van der Waals surface area contributed by atoms with Crippen LogP contribution in [0.1, 0.15) is 31.4 Å². The minimum atomic E-state index is -1.08. The Morgan fingerprint density at radius 1 is 1.45 bits per heavy atom. The fourth-order valence-electron chi connectivity index (χ4n) is 1.70. The van der Waals surface area contributed by atoms with Gasteiger partial charge in [0.2, 0.25) is 5.91 Å². The molecule has 0 spiro atoms. The van der Waals surface area contributed by atoms with Gasteiger partial charge in [0.05, 0.1) is 0 Å². The first-order chi connectivity index (χ1) is 9.40. The van der Waals surface area contributed by atoms with Gasteiger partial charge in [0, 0.05) is 24.6 Å². The normalized spacial score (nSPS) is 11.4. The Morgan fingerprint density at radius 2 is 2.10 bits per heavy atom. The average molecular weight is 282 g/mol. The Balaban J connectivity index is 3.01. The van der Waals surface area contributed by atoms with E-state index in [2.05, 4.69) is 10.2 Å². The number of nitrogens with zero attached hydrogens (tertiary/aromatic N) is 1. The zero-order valence-electron chi connectivity index (χ0n) is 10.7. The molecule has 0 saturated heterocycles. The van der Waals surface area contributed by atoms with E-state index in [1.807, 2.05) is 0 Å². The van der Waals surface area contributed by atoms with Crippen molar-refractivity contribution in [2.75, 3.05) is 5.32 Å². The molecule has 1 rings (SSSR count). The highest BCUT2D eigenvalue weighted by molar-refractivity contribution is 5.89. The lowest BCUT2D eigenvalue weighted by atomic mass is 10.0. The number of nitrogens with one attached hydrogen (secondary N) is 1. The number of carboxylic acids is 1. The van der Waals surface area contributed by atoms with Gasteiger partial charge >= 0.3 is 5.97 Å². The summed E-state index contributed by atoms with van der Waals surface area (Å²) < 4.78 is 0. The summed E-state index contributed by atoms with van der Waals surface area (Å²) in [7, 11) is 0. The first-order valence-electron chi connectivity index (χ1n) is 5.79. The van der Waals surface area contributed by atoms with Crippen molar-refractivity contribution in [3.8, 4) is 0 Å². The van der Waals surface area contributed by atoms with Crippen LogP contribution in [-0.4, -0.2) is 22.1 Å². The predicted molar refractivity (Wildman–Crippen MR) is 68.4 cm³/mol. The Bertz CT molecular complexity index is 516. The van der Waals surface area contributed by atoms with E-state index < -0.39 is 17.2 Å². The first kappa shape index (κ1) is 15.4. The summed E-state index contributed by atoms with van der Waals surface area (Å²) in [6, 6.07) is 6.38. The molecule has 1 amide bonds. The molecule has 0 radical (unpaired) electrons. The van der Waals surface area contributed by atoms with Gasteiger partial charge in [-0.1, -0.05) is 18.2 Å². The second kappa shape index (κ2) is 7.07. The number of benzene rings is 1. The summed E-state index contributed by atoms with van der Waals surface area (Å²) in [5, 5.41) is 20.7. The third-order valence-corrected chi connectivity index (χ3v) is 2.45. The second-order valence-electron chi connectivity index (χ2n) is 4.02. The topological polar surface area (TPSA) is 119 Å². The third kappa shape index (κ3) is 4.92. The molecule has 20 heavy (non-hydrogen) atoms. The SMILES string of the molecule is CC(=O)Nc1ccccc1C(CCC(=O)O)O[N+](=O)[O-].